The number of amides is 1. The van der Waals surface area contributed by atoms with Gasteiger partial charge in [0.2, 0.25) is 0 Å². The monoisotopic (exact) mass is 424 g/mol. The molecule has 1 N–H and O–H groups in total. The van der Waals surface area contributed by atoms with Gasteiger partial charge in [0.05, 0.1) is 27.6 Å². The number of thiazole rings is 1. The van der Waals surface area contributed by atoms with Gasteiger partial charge in [-0.3, -0.25) is 10.1 Å². The van der Waals surface area contributed by atoms with Gasteiger partial charge >= 0.3 is 0 Å². The third-order valence-corrected chi connectivity index (χ3v) is 6.11. The summed E-state index contributed by atoms with van der Waals surface area (Å²) in [5, 5.41) is 3.48. The van der Waals surface area contributed by atoms with Gasteiger partial charge in [0.25, 0.3) is 5.91 Å². The molecule has 148 valence electrons. The highest BCUT2D eigenvalue weighted by atomic mass is 32.1. The number of aryl methyl sites for hydroxylation is 1. The molecule has 0 aliphatic carbocycles. The van der Waals surface area contributed by atoms with Gasteiger partial charge in [-0.1, -0.05) is 37.3 Å². The molecule has 0 unspecified atom stereocenters. The second-order valence-corrected chi connectivity index (χ2v) is 8.53. The van der Waals surface area contributed by atoms with E-state index in [2.05, 4.69) is 45.0 Å². The van der Waals surface area contributed by atoms with Crippen LogP contribution < -0.4 is 10.1 Å². The van der Waals surface area contributed by atoms with Crippen LogP contribution in [0.4, 0.5) is 5.13 Å². The molecule has 0 saturated carbocycles. The smallest absolute Gasteiger partial charge is 0.257 e. The van der Waals surface area contributed by atoms with E-state index in [1.54, 1.807) is 18.2 Å². The number of carbonyl (C=O) groups is 1. The molecule has 4 aromatic rings. The van der Waals surface area contributed by atoms with E-state index >= 15 is 0 Å². The third kappa shape index (κ3) is 4.44. The molecule has 0 bridgehead atoms. The molecule has 1 amide bonds. The van der Waals surface area contributed by atoms with Crippen LogP contribution in [-0.2, 0) is 6.61 Å². The molecule has 8 heteroatoms. The zero-order chi connectivity index (χ0) is 20.4. The Hall–Kier alpha value is -2.84. The molecule has 2 aromatic heterocycles. The Morgan fingerprint density at radius 1 is 1.17 bits per heavy atom. The van der Waals surface area contributed by atoms with Crippen LogP contribution in [0.1, 0.15) is 47.1 Å². The van der Waals surface area contributed by atoms with Crippen molar-refractivity contribution >= 4 is 44.3 Å². The maximum atomic E-state index is 12.7. The van der Waals surface area contributed by atoms with Crippen molar-refractivity contribution in [2.45, 2.75) is 33.3 Å². The number of benzene rings is 2. The largest absolute Gasteiger partial charge is 0.487 e. The summed E-state index contributed by atoms with van der Waals surface area (Å²) in [7, 11) is 0. The standard InChI is InChI=1S/C21H20N4O2S2/c1-12(2)14-7-8-17-19(10-14)28-21(22-17)23-20(26)15-5-4-6-16(9-15)27-11-18-13(3)24-29-25-18/h4-10,12H,11H2,1-3H3,(H,22,23,26). The molecule has 29 heavy (non-hydrogen) atoms. The van der Waals surface area contributed by atoms with Crippen LogP contribution in [-0.4, -0.2) is 19.6 Å². The number of aromatic nitrogens is 3. The molecule has 2 heterocycles. The number of fused-ring (bicyclic) bond motifs is 1. The second kappa shape index (κ2) is 8.26. The van der Waals surface area contributed by atoms with E-state index in [0.29, 0.717) is 29.0 Å². The lowest BCUT2D eigenvalue weighted by Gasteiger charge is -2.07. The topological polar surface area (TPSA) is 77.0 Å². The number of ether oxygens (including phenoxy) is 1. The Morgan fingerprint density at radius 2 is 2.03 bits per heavy atom. The predicted molar refractivity (Wildman–Crippen MR) is 117 cm³/mol. The van der Waals surface area contributed by atoms with Gasteiger partial charge in [-0.15, -0.1) is 0 Å². The highest BCUT2D eigenvalue weighted by Gasteiger charge is 2.12. The van der Waals surface area contributed by atoms with Crippen molar-refractivity contribution < 1.29 is 9.53 Å². The molecule has 0 spiro atoms. The lowest BCUT2D eigenvalue weighted by atomic mass is 10.0. The Balaban J connectivity index is 1.47. The summed E-state index contributed by atoms with van der Waals surface area (Å²) < 4.78 is 15.2. The molecule has 6 nitrogen and oxygen atoms in total. The van der Waals surface area contributed by atoms with Crippen LogP contribution in [0.15, 0.2) is 42.5 Å². The van der Waals surface area contributed by atoms with Gasteiger partial charge in [-0.2, -0.15) is 8.75 Å². The number of nitrogens with zero attached hydrogens (tertiary/aromatic N) is 3. The lowest BCUT2D eigenvalue weighted by molar-refractivity contribution is 0.102. The fraction of sp³-hybridized carbons (Fsp3) is 0.238. The fourth-order valence-corrected chi connectivity index (χ4v) is 4.24. The normalized spacial score (nSPS) is 11.2. The van der Waals surface area contributed by atoms with Crippen LogP contribution in [0.2, 0.25) is 0 Å². The SMILES string of the molecule is Cc1nsnc1COc1cccc(C(=O)Nc2nc3ccc(C(C)C)cc3s2)c1. The Morgan fingerprint density at radius 3 is 2.79 bits per heavy atom. The molecule has 0 fully saturated rings. The number of anilines is 1. The summed E-state index contributed by atoms with van der Waals surface area (Å²) in [6.45, 7) is 6.54. The second-order valence-electron chi connectivity index (χ2n) is 6.97. The van der Waals surface area contributed by atoms with Crippen molar-refractivity contribution in [1.29, 1.82) is 0 Å². The number of nitrogens with one attached hydrogen (secondary N) is 1. The minimum atomic E-state index is -0.218. The molecule has 0 aliphatic rings. The molecule has 4 rings (SSSR count). The van der Waals surface area contributed by atoms with Gasteiger partial charge in [-0.05, 0) is 48.7 Å². The van der Waals surface area contributed by atoms with Crippen molar-refractivity contribution in [3.63, 3.8) is 0 Å². The molecule has 0 saturated heterocycles. The van der Waals surface area contributed by atoms with E-state index < -0.39 is 0 Å². The van der Waals surface area contributed by atoms with Crippen molar-refractivity contribution in [3.8, 4) is 5.75 Å². The van der Waals surface area contributed by atoms with E-state index in [4.69, 9.17) is 4.74 Å². The summed E-state index contributed by atoms with van der Waals surface area (Å²) in [4.78, 5) is 17.2. The van der Waals surface area contributed by atoms with Crippen LogP contribution in [0.5, 0.6) is 5.75 Å². The maximum absolute atomic E-state index is 12.7. The van der Waals surface area contributed by atoms with Gasteiger partial charge in [0, 0.05) is 5.56 Å². The number of carbonyl (C=O) groups excluding carboxylic acids is 1. The molecular weight excluding hydrogens is 404 g/mol. The maximum Gasteiger partial charge on any atom is 0.257 e. The lowest BCUT2D eigenvalue weighted by Crippen LogP contribution is -2.11. The highest BCUT2D eigenvalue weighted by molar-refractivity contribution is 7.22. The predicted octanol–water partition coefficient (Wildman–Crippen LogP) is 5.41. The van der Waals surface area contributed by atoms with Crippen molar-refractivity contribution in [2.75, 3.05) is 5.32 Å². The third-order valence-electron chi connectivity index (χ3n) is 4.52. The average Bonchev–Trinajstić information content (AvgIpc) is 3.30. The Kier molecular flexibility index (Phi) is 5.55. The van der Waals surface area contributed by atoms with E-state index in [0.717, 1.165) is 33.3 Å². The molecule has 2 aromatic carbocycles. The van der Waals surface area contributed by atoms with Crippen molar-refractivity contribution in [1.82, 2.24) is 13.7 Å². The summed E-state index contributed by atoms with van der Waals surface area (Å²) in [5.41, 5.74) is 4.33. The molecule has 0 aliphatic heterocycles. The first kappa shape index (κ1) is 19.5. The summed E-state index contributed by atoms with van der Waals surface area (Å²) in [6, 6.07) is 13.3. The molecule has 0 atom stereocenters. The van der Waals surface area contributed by atoms with Crippen molar-refractivity contribution in [2.24, 2.45) is 0 Å². The summed E-state index contributed by atoms with van der Waals surface area (Å²) in [5.74, 6) is 0.840. The van der Waals surface area contributed by atoms with Crippen LogP contribution in [0.25, 0.3) is 10.2 Å². The molecular formula is C21H20N4O2S2. The summed E-state index contributed by atoms with van der Waals surface area (Å²) in [6.07, 6.45) is 0. The quantitative estimate of drug-likeness (QED) is 0.448. The Labute approximate surface area is 176 Å². The summed E-state index contributed by atoms with van der Waals surface area (Å²) >= 11 is 2.64. The van der Waals surface area contributed by atoms with Crippen LogP contribution in [0.3, 0.4) is 0 Å². The van der Waals surface area contributed by atoms with E-state index in [1.807, 2.05) is 19.1 Å². The van der Waals surface area contributed by atoms with E-state index in [1.165, 1.54) is 16.9 Å². The first-order valence-electron chi connectivity index (χ1n) is 9.22. The number of rotatable bonds is 6. The van der Waals surface area contributed by atoms with E-state index in [9.17, 15) is 4.79 Å². The number of hydrogen-bond donors (Lipinski definition) is 1. The van der Waals surface area contributed by atoms with Crippen molar-refractivity contribution in [3.05, 3.63) is 65.0 Å². The fourth-order valence-electron chi connectivity index (χ4n) is 2.78. The number of hydrogen-bond acceptors (Lipinski definition) is 7. The van der Waals surface area contributed by atoms with E-state index in [-0.39, 0.29) is 5.91 Å². The van der Waals surface area contributed by atoms with Gasteiger partial charge in [0.15, 0.2) is 5.13 Å². The van der Waals surface area contributed by atoms with Crippen LogP contribution >= 0.6 is 23.1 Å². The zero-order valence-electron chi connectivity index (χ0n) is 16.3. The first-order valence-corrected chi connectivity index (χ1v) is 10.8. The van der Waals surface area contributed by atoms with Crippen LogP contribution in [0, 0.1) is 6.92 Å². The highest BCUT2D eigenvalue weighted by Crippen LogP contribution is 2.29. The Bertz CT molecular complexity index is 1170. The zero-order valence-corrected chi connectivity index (χ0v) is 17.9. The van der Waals surface area contributed by atoms with Gasteiger partial charge in [-0.25, -0.2) is 4.98 Å². The van der Waals surface area contributed by atoms with Gasteiger partial charge < -0.3 is 4.74 Å². The van der Waals surface area contributed by atoms with Gasteiger partial charge in [0.1, 0.15) is 18.1 Å². The molecule has 0 radical (unpaired) electrons. The average molecular weight is 425 g/mol. The minimum absolute atomic E-state index is 0.218. The first-order chi connectivity index (χ1) is 14.0. The minimum Gasteiger partial charge on any atom is -0.487 e.